The lowest BCUT2D eigenvalue weighted by atomic mass is 10.1. The van der Waals surface area contributed by atoms with Crippen LogP contribution in [0.3, 0.4) is 0 Å². The summed E-state index contributed by atoms with van der Waals surface area (Å²) in [4.78, 5) is 0. The van der Waals surface area contributed by atoms with Crippen molar-refractivity contribution in [3.8, 4) is 0 Å². The Kier molecular flexibility index (Phi) is 3.93. The van der Waals surface area contributed by atoms with Crippen molar-refractivity contribution in [1.82, 2.24) is 5.32 Å². The molecule has 0 fully saturated rings. The summed E-state index contributed by atoms with van der Waals surface area (Å²) in [6.07, 6.45) is 0. The standard InChI is InChI=1S/C11H18N2/c1-9-4-3-5-11(6-9)8-13-7-10(2)12/h3-6,10,13H,7-8,12H2,1-2H3. The molecule has 0 bridgehead atoms. The molecule has 0 aliphatic rings. The molecule has 1 unspecified atom stereocenters. The zero-order chi connectivity index (χ0) is 9.68. The first-order valence-corrected chi connectivity index (χ1v) is 4.70. The Hall–Kier alpha value is -0.860. The fraction of sp³-hybridized carbons (Fsp3) is 0.455. The summed E-state index contributed by atoms with van der Waals surface area (Å²) >= 11 is 0. The van der Waals surface area contributed by atoms with Crippen molar-refractivity contribution in [1.29, 1.82) is 0 Å². The van der Waals surface area contributed by atoms with Gasteiger partial charge in [-0.15, -0.1) is 0 Å². The number of rotatable bonds is 4. The number of hydrogen-bond donors (Lipinski definition) is 2. The van der Waals surface area contributed by atoms with E-state index >= 15 is 0 Å². The predicted octanol–water partition coefficient (Wildman–Crippen LogP) is 1.43. The lowest BCUT2D eigenvalue weighted by molar-refractivity contribution is 0.608. The summed E-state index contributed by atoms with van der Waals surface area (Å²) in [7, 11) is 0. The van der Waals surface area contributed by atoms with Gasteiger partial charge >= 0.3 is 0 Å². The number of benzene rings is 1. The number of nitrogens with two attached hydrogens (primary N) is 1. The van der Waals surface area contributed by atoms with Gasteiger partial charge in [-0.2, -0.15) is 0 Å². The van der Waals surface area contributed by atoms with E-state index in [1.165, 1.54) is 11.1 Å². The second kappa shape index (κ2) is 5.00. The molecular formula is C11H18N2. The Balaban J connectivity index is 2.37. The number of nitrogens with one attached hydrogen (secondary N) is 1. The van der Waals surface area contributed by atoms with Crippen LogP contribution in [0.1, 0.15) is 18.1 Å². The van der Waals surface area contributed by atoms with Crippen LogP contribution in [-0.4, -0.2) is 12.6 Å². The van der Waals surface area contributed by atoms with Gasteiger partial charge in [0.15, 0.2) is 0 Å². The minimum absolute atomic E-state index is 0.227. The Labute approximate surface area is 80.1 Å². The van der Waals surface area contributed by atoms with Crippen LogP contribution in [0.15, 0.2) is 24.3 Å². The highest BCUT2D eigenvalue weighted by atomic mass is 14.9. The van der Waals surface area contributed by atoms with Crippen molar-refractivity contribution >= 4 is 0 Å². The summed E-state index contributed by atoms with van der Waals surface area (Å²) in [5, 5.41) is 3.30. The third-order valence-corrected chi connectivity index (χ3v) is 1.88. The molecule has 0 aliphatic carbocycles. The first-order valence-electron chi connectivity index (χ1n) is 4.70. The molecule has 0 saturated carbocycles. The van der Waals surface area contributed by atoms with E-state index in [4.69, 9.17) is 5.73 Å². The monoisotopic (exact) mass is 178 g/mol. The molecule has 1 rings (SSSR count). The molecule has 0 heterocycles. The summed E-state index contributed by atoms with van der Waals surface area (Å²) in [5.41, 5.74) is 8.25. The van der Waals surface area contributed by atoms with E-state index < -0.39 is 0 Å². The maximum absolute atomic E-state index is 5.62. The van der Waals surface area contributed by atoms with Crippen LogP contribution in [0, 0.1) is 6.92 Å². The maximum Gasteiger partial charge on any atom is 0.0206 e. The molecule has 0 radical (unpaired) electrons. The number of aryl methyl sites for hydroxylation is 1. The van der Waals surface area contributed by atoms with Crippen molar-refractivity contribution in [2.24, 2.45) is 5.73 Å². The first-order chi connectivity index (χ1) is 6.18. The van der Waals surface area contributed by atoms with E-state index in [9.17, 15) is 0 Å². The minimum atomic E-state index is 0.227. The molecule has 0 aromatic heterocycles. The molecule has 1 atom stereocenters. The largest absolute Gasteiger partial charge is 0.327 e. The van der Waals surface area contributed by atoms with Crippen molar-refractivity contribution in [2.45, 2.75) is 26.4 Å². The van der Waals surface area contributed by atoms with Gasteiger partial charge in [-0.3, -0.25) is 0 Å². The Morgan fingerprint density at radius 3 is 2.85 bits per heavy atom. The topological polar surface area (TPSA) is 38.0 Å². The summed E-state index contributed by atoms with van der Waals surface area (Å²) in [6.45, 7) is 5.88. The molecule has 13 heavy (non-hydrogen) atoms. The molecule has 0 saturated heterocycles. The first kappa shape index (κ1) is 10.2. The summed E-state index contributed by atoms with van der Waals surface area (Å²) < 4.78 is 0. The fourth-order valence-corrected chi connectivity index (χ4v) is 1.27. The van der Waals surface area contributed by atoms with Crippen molar-refractivity contribution in [2.75, 3.05) is 6.54 Å². The average molecular weight is 178 g/mol. The zero-order valence-electron chi connectivity index (χ0n) is 8.38. The fourth-order valence-electron chi connectivity index (χ4n) is 1.27. The normalized spacial score (nSPS) is 12.8. The predicted molar refractivity (Wildman–Crippen MR) is 56.5 cm³/mol. The van der Waals surface area contributed by atoms with Gasteiger partial charge < -0.3 is 11.1 Å². The minimum Gasteiger partial charge on any atom is -0.327 e. The van der Waals surface area contributed by atoms with E-state index in [-0.39, 0.29) is 6.04 Å². The highest BCUT2D eigenvalue weighted by Crippen LogP contribution is 2.02. The van der Waals surface area contributed by atoms with E-state index in [2.05, 4.69) is 36.5 Å². The van der Waals surface area contributed by atoms with E-state index in [0.717, 1.165) is 13.1 Å². The van der Waals surface area contributed by atoms with Gasteiger partial charge in [0.2, 0.25) is 0 Å². The van der Waals surface area contributed by atoms with Crippen LogP contribution < -0.4 is 11.1 Å². The molecule has 3 N–H and O–H groups in total. The zero-order valence-corrected chi connectivity index (χ0v) is 8.38. The van der Waals surface area contributed by atoms with Crippen molar-refractivity contribution in [3.05, 3.63) is 35.4 Å². The smallest absolute Gasteiger partial charge is 0.0206 e. The van der Waals surface area contributed by atoms with E-state index in [1.807, 2.05) is 6.92 Å². The maximum atomic E-state index is 5.62. The van der Waals surface area contributed by atoms with Crippen LogP contribution in [0.4, 0.5) is 0 Å². The summed E-state index contributed by atoms with van der Waals surface area (Å²) in [5.74, 6) is 0. The molecule has 0 spiro atoms. The Bertz CT molecular complexity index is 256. The lowest BCUT2D eigenvalue weighted by Gasteiger charge is -2.07. The lowest BCUT2D eigenvalue weighted by Crippen LogP contribution is -2.30. The Morgan fingerprint density at radius 2 is 2.23 bits per heavy atom. The van der Waals surface area contributed by atoms with Gasteiger partial charge in [-0.25, -0.2) is 0 Å². The molecule has 1 aromatic carbocycles. The second-order valence-corrected chi connectivity index (χ2v) is 3.60. The van der Waals surface area contributed by atoms with Gasteiger partial charge in [0.25, 0.3) is 0 Å². The molecule has 72 valence electrons. The van der Waals surface area contributed by atoms with Gasteiger partial charge in [-0.05, 0) is 19.4 Å². The van der Waals surface area contributed by atoms with Crippen LogP contribution in [0.2, 0.25) is 0 Å². The van der Waals surface area contributed by atoms with Gasteiger partial charge in [0.05, 0.1) is 0 Å². The molecule has 2 heteroatoms. The van der Waals surface area contributed by atoms with Crippen molar-refractivity contribution < 1.29 is 0 Å². The molecule has 1 aromatic rings. The van der Waals surface area contributed by atoms with Gasteiger partial charge in [-0.1, -0.05) is 29.8 Å². The molecular weight excluding hydrogens is 160 g/mol. The third kappa shape index (κ3) is 4.06. The molecule has 2 nitrogen and oxygen atoms in total. The van der Waals surface area contributed by atoms with Crippen LogP contribution in [-0.2, 0) is 6.54 Å². The quantitative estimate of drug-likeness (QED) is 0.732. The van der Waals surface area contributed by atoms with Gasteiger partial charge in [0.1, 0.15) is 0 Å². The van der Waals surface area contributed by atoms with Gasteiger partial charge in [0, 0.05) is 19.1 Å². The average Bonchev–Trinajstić information content (AvgIpc) is 2.03. The Morgan fingerprint density at radius 1 is 1.46 bits per heavy atom. The third-order valence-electron chi connectivity index (χ3n) is 1.88. The molecule has 0 amide bonds. The van der Waals surface area contributed by atoms with Crippen LogP contribution >= 0.6 is 0 Å². The van der Waals surface area contributed by atoms with Crippen molar-refractivity contribution in [3.63, 3.8) is 0 Å². The molecule has 0 aliphatic heterocycles. The SMILES string of the molecule is Cc1cccc(CNCC(C)N)c1. The second-order valence-electron chi connectivity index (χ2n) is 3.60. The van der Waals surface area contributed by atoms with Crippen LogP contribution in [0.25, 0.3) is 0 Å². The number of hydrogen-bond acceptors (Lipinski definition) is 2. The highest BCUT2D eigenvalue weighted by Gasteiger charge is 1.94. The van der Waals surface area contributed by atoms with E-state index in [1.54, 1.807) is 0 Å². The highest BCUT2D eigenvalue weighted by molar-refractivity contribution is 5.21. The summed E-state index contributed by atoms with van der Waals surface area (Å²) in [6, 6.07) is 8.73. The van der Waals surface area contributed by atoms with E-state index in [0.29, 0.717) is 0 Å². The van der Waals surface area contributed by atoms with Crippen LogP contribution in [0.5, 0.6) is 0 Å².